The topological polar surface area (TPSA) is 198 Å². The van der Waals surface area contributed by atoms with Crippen molar-refractivity contribution in [2.24, 2.45) is 17.8 Å². The second-order valence-electron chi connectivity index (χ2n) is 18.9. The number of Topliss-reactive ketones (excluding diaryl/α,β-unsaturated/α-hetero) is 2. The lowest BCUT2D eigenvalue weighted by Crippen LogP contribution is -2.44. The van der Waals surface area contributed by atoms with Crippen molar-refractivity contribution in [3.63, 3.8) is 0 Å². The summed E-state index contributed by atoms with van der Waals surface area (Å²) in [6.45, 7) is 3.22. The van der Waals surface area contributed by atoms with Crippen LogP contribution in [0.4, 0.5) is 0 Å². The van der Waals surface area contributed by atoms with Gasteiger partial charge in [0.1, 0.15) is 50.6 Å². The van der Waals surface area contributed by atoms with Gasteiger partial charge in [-0.25, -0.2) is 4.79 Å². The first-order valence-corrected chi connectivity index (χ1v) is 27.5. The SMILES string of the molecule is CCCCCCCCCCCC(=O)C[C@@H](C)C(=O)N[C@H](CCC(=O)C[C@H](CSC[C@H](CC(=O)OCc1ccccc1)C(=O)OCc1ccccc1)C(=O)NCC(=O)OCc1ccccc1)C(=O)OCc1ccccc1. The first-order valence-electron chi connectivity index (χ1n) is 26.4. The Labute approximate surface area is 447 Å². The molecule has 2 N–H and O–H groups in total. The minimum atomic E-state index is -1.25. The molecule has 0 fully saturated rings. The van der Waals surface area contributed by atoms with Crippen molar-refractivity contribution in [2.45, 2.75) is 143 Å². The van der Waals surface area contributed by atoms with Gasteiger partial charge in [0.25, 0.3) is 0 Å². The summed E-state index contributed by atoms with van der Waals surface area (Å²) >= 11 is 1.15. The van der Waals surface area contributed by atoms with Crippen molar-refractivity contribution in [1.82, 2.24) is 10.6 Å². The highest BCUT2D eigenvalue weighted by atomic mass is 32.2. The molecule has 4 rings (SSSR count). The van der Waals surface area contributed by atoms with E-state index in [1.165, 1.54) is 32.1 Å². The van der Waals surface area contributed by atoms with Crippen molar-refractivity contribution >= 4 is 59.0 Å². The molecule has 75 heavy (non-hydrogen) atoms. The van der Waals surface area contributed by atoms with E-state index in [4.69, 9.17) is 18.9 Å². The molecular weight excluding hydrogens is 973 g/mol. The molecule has 0 heterocycles. The van der Waals surface area contributed by atoms with Crippen LogP contribution >= 0.6 is 11.8 Å². The van der Waals surface area contributed by atoms with Gasteiger partial charge in [0.05, 0.1) is 18.3 Å². The van der Waals surface area contributed by atoms with Crippen LogP contribution in [0, 0.1) is 17.8 Å². The zero-order valence-corrected chi connectivity index (χ0v) is 44.5. The van der Waals surface area contributed by atoms with E-state index in [9.17, 15) is 38.4 Å². The van der Waals surface area contributed by atoms with Crippen molar-refractivity contribution in [3.8, 4) is 0 Å². The van der Waals surface area contributed by atoms with Crippen LogP contribution in [0.1, 0.15) is 132 Å². The number of hydrogen-bond acceptors (Lipinski definition) is 13. The summed E-state index contributed by atoms with van der Waals surface area (Å²) in [4.78, 5) is 107. The largest absolute Gasteiger partial charge is 0.461 e. The third kappa shape index (κ3) is 26.4. The number of unbranched alkanes of at least 4 members (excludes halogenated alkanes) is 8. The Morgan fingerprint density at radius 2 is 0.907 bits per heavy atom. The number of hydrogen-bond donors (Lipinski definition) is 2. The van der Waals surface area contributed by atoms with Crippen LogP contribution < -0.4 is 10.6 Å². The maximum Gasteiger partial charge on any atom is 0.328 e. The molecule has 0 unspecified atom stereocenters. The first-order chi connectivity index (χ1) is 36.4. The van der Waals surface area contributed by atoms with E-state index in [1.807, 2.05) is 60.7 Å². The number of rotatable bonds is 38. The molecule has 0 spiro atoms. The highest BCUT2D eigenvalue weighted by molar-refractivity contribution is 7.99. The number of ketones is 2. The number of carbonyl (C=O) groups is 8. The van der Waals surface area contributed by atoms with Gasteiger partial charge in [0, 0.05) is 43.1 Å². The van der Waals surface area contributed by atoms with Crippen LogP contribution in [-0.2, 0) is 83.7 Å². The monoisotopic (exact) mass is 1050 g/mol. The molecule has 404 valence electrons. The fourth-order valence-electron chi connectivity index (χ4n) is 7.97. The standard InChI is InChI=1S/C60H76N2O12S/c1-3-4-5-6-7-8-9-10-23-32-52(63)35-45(2)57(67)62-54(60(70)74-42-49-30-21-14-22-31-49)34-33-53(64)36-50(58(68)61-38-56(66)72-40-47-26-17-12-18-27-47)43-75-44-51(59(69)73-41-48-28-19-13-20-29-48)37-55(65)71-39-46-24-15-11-16-25-46/h11-22,24-31,45,50-51,54H,3-10,23,32-44H2,1-2H3,(H,61,68)(H,62,67)/t45-,50-,51+,54-/m1/s1. The van der Waals surface area contributed by atoms with Crippen LogP contribution in [0.25, 0.3) is 0 Å². The van der Waals surface area contributed by atoms with E-state index >= 15 is 0 Å². The lowest BCUT2D eigenvalue weighted by Gasteiger charge is -2.21. The molecule has 0 radical (unpaired) electrons. The molecule has 4 aromatic carbocycles. The molecule has 0 saturated carbocycles. The summed E-state index contributed by atoms with van der Waals surface area (Å²) in [6, 6.07) is 34.9. The predicted octanol–water partition coefficient (Wildman–Crippen LogP) is 10.2. The summed E-state index contributed by atoms with van der Waals surface area (Å²) in [5, 5.41) is 5.31. The fraction of sp³-hybridized carbons (Fsp3) is 0.467. The number of amides is 2. The van der Waals surface area contributed by atoms with Crippen LogP contribution in [0.2, 0.25) is 0 Å². The summed E-state index contributed by atoms with van der Waals surface area (Å²) < 4.78 is 22.1. The summed E-state index contributed by atoms with van der Waals surface area (Å²) in [6.07, 6.45) is 9.38. The third-order valence-corrected chi connectivity index (χ3v) is 13.7. The van der Waals surface area contributed by atoms with E-state index in [-0.39, 0.29) is 75.8 Å². The van der Waals surface area contributed by atoms with Crippen molar-refractivity contribution in [3.05, 3.63) is 144 Å². The van der Waals surface area contributed by atoms with E-state index < -0.39 is 71.8 Å². The van der Waals surface area contributed by atoms with Gasteiger partial charge in [0.15, 0.2) is 0 Å². The lowest BCUT2D eigenvalue weighted by atomic mass is 9.97. The normalized spacial score (nSPS) is 12.5. The van der Waals surface area contributed by atoms with Gasteiger partial charge < -0.3 is 29.6 Å². The number of thioether (sulfide) groups is 1. The van der Waals surface area contributed by atoms with Crippen LogP contribution in [0.15, 0.2) is 121 Å². The minimum absolute atomic E-state index is 0.00228. The Bertz CT molecular complexity index is 2330. The summed E-state index contributed by atoms with van der Waals surface area (Å²) in [5.41, 5.74) is 2.98. The minimum Gasteiger partial charge on any atom is -0.461 e. The number of esters is 4. The Morgan fingerprint density at radius 3 is 1.43 bits per heavy atom. The number of nitrogens with one attached hydrogen (secondary N) is 2. The zero-order valence-electron chi connectivity index (χ0n) is 43.7. The van der Waals surface area contributed by atoms with Gasteiger partial charge in [-0.15, -0.1) is 0 Å². The Hall–Kier alpha value is -6.61. The molecule has 0 aliphatic carbocycles. The van der Waals surface area contributed by atoms with Gasteiger partial charge in [0.2, 0.25) is 11.8 Å². The average molecular weight is 1050 g/mol. The highest BCUT2D eigenvalue weighted by Crippen LogP contribution is 2.23. The second-order valence-corrected chi connectivity index (χ2v) is 20.0. The quantitative estimate of drug-likeness (QED) is 0.0245. The number of ether oxygens (including phenoxy) is 4. The zero-order chi connectivity index (χ0) is 53.9. The van der Waals surface area contributed by atoms with Gasteiger partial charge in [-0.05, 0) is 35.1 Å². The smallest absolute Gasteiger partial charge is 0.328 e. The Kier molecular flexibility index (Phi) is 29.5. The van der Waals surface area contributed by atoms with E-state index in [1.54, 1.807) is 67.6 Å². The second kappa shape index (κ2) is 36.4. The van der Waals surface area contributed by atoms with Gasteiger partial charge in [-0.3, -0.25) is 33.6 Å². The van der Waals surface area contributed by atoms with E-state index in [2.05, 4.69) is 17.6 Å². The van der Waals surface area contributed by atoms with Crippen molar-refractivity contribution < 1.29 is 57.3 Å². The van der Waals surface area contributed by atoms with Gasteiger partial charge in [-0.1, -0.05) is 187 Å². The Balaban J connectivity index is 1.41. The van der Waals surface area contributed by atoms with Crippen molar-refractivity contribution in [1.29, 1.82) is 0 Å². The molecule has 14 nitrogen and oxygen atoms in total. The Morgan fingerprint density at radius 1 is 0.467 bits per heavy atom. The van der Waals surface area contributed by atoms with Crippen molar-refractivity contribution in [2.75, 3.05) is 18.1 Å². The molecule has 0 bridgehead atoms. The number of benzene rings is 4. The first kappa shape index (κ1) is 60.9. The van der Waals surface area contributed by atoms with Crippen LogP contribution in [0.3, 0.4) is 0 Å². The summed E-state index contributed by atoms with van der Waals surface area (Å²) in [7, 11) is 0. The fourth-order valence-corrected chi connectivity index (χ4v) is 9.20. The average Bonchev–Trinajstić information content (AvgIpc) is 3.43. The molecule has 0 saturated heterocycles. The molecule has 2 amide bonds. The maximum absolute atomic E-state index is 13.9. The van der Waals surface area contributed by atoms with Gasteiger partial charge in [-0.2, -0.15) is 11.8 Å². The predicted molar refractivity (Wildman–Crippen MR) is 288 cm³/mol. The molecule has 0 aliphatic rings. The maximum atomic E-state index is 13.9. The molecule has 0 aliphatic heterocycles. The van der Waals surface area contributed by atoms with E-state index in [0.717, 1.165) is 54.1 Å². The lowest BCUT2D eigenvalue weighted by molar-refractivity contribution is -0.155. The molecule has 4 atom stereocenters. The molecule has 0 aromatic heterocycles. The number of carbonyl (C=O) groups excluding carboxylic acids is 8. The highest BCUT2D eigenvalue weighted by Gasteiger charge is 2.30. The van der Waals surface area contributed by atoms with E-state index in [0.29, 0.717) is 12.0 Å². The molecular formula is C60H76N2O12S. The van der Waals surface area contributed by atoms with Crippen LogP contribution in [0.5, 0.6) is 0 Å². The third-order valence-electron chi connectivity index (χ3n) is 12.4. The molecule has 15 heteroatoms. The molecule has 4 aromatic rings. The summed E-state index contributed by atoms with van der Waals surface area (Å²) in [5.74, 6) is -7.12. The van der Waals surface area contributed by atoms with Gasteiger partial charge >= 0.3 is 23.9 Å². The van der Waals surface area contributed by atoms with Crippen LogP contribution in [-0.4, -0.2) is 71.4 Å².